The molecule has 2 aliphatic rings. The van der Waals surface area contributed by atoms with Gasteiger partial charge >= 0.3 is 0 Å². The van der Waals surface area contributed by atoms with Crippen LogP contribution in [0.15, 0.2) is 60.9 Å². The van der Waals surface area contributed by atoms with Crippen LogP contribution in [0.4, 0.5) is 10.2 Å². The summed E-state index contributed by atoms with van der Waals surface area (Å²) in [7, 11) is 0. The Kier molecular flexibility index (Phi) is 5.38. The number of nitrogens with two attached hydrogens (primary N) is 1. The number of morpholine rings is 1. The lowest BCUT2D eigenvalue weighted by Gasteiger charge is -2.42. The number of aromatic nitrogens is 5. The maximum absolute atomic E-state index is 15.2. The number of nitrogens with zero attached hydrogens (tertiary/aromatic N) is 6. The number of benzene rings is 2. The molecular formula is C27H27FN8O. The van der Waals surface area contributed by atoms with Crippen LogP contribution in [0.25, 0.3) is 27.5 Å². The molecule has 0 amide bonds. The van der Waals surface area contributed by atoms with Crippen LogP contribution >= 0.6 is 0 Å². The van der Waals surface area contributed by atoms with Crippen molar-refractivity contribution in [3.8, 4) is 11.1 Å². The summed E-state index contributed by atoms with van der Waals surface area (Å²) in [6, 6.07) is 17.8. The molecule has 9 nitrogen and oxygen atoms in total. The molecule has 2 aliphatic heterocycles. The smallest absolute Gasteiger partial charge is 0.219 e. The topological polar surface area (TPSA) is 98.5 Å². The summed E-state index contributed by atoms with van der Waals surface area (Å²) >= 11 is 0. The van der Waals surface area contributed by atoms with Crippen LogP contribution in [-0.4, -0.2) is 68.1 Å². The summed E-state index contributed by atoms with van der Waals surface area (Å²) in [6.07, 6.45) is 1.33. The fraction of sp³-hybridized carbons (Fsp3) is 0.296. The quantitative estimate of drug-likeness (QED) is 0.393. The number of nitrogens with one attached hydrogen (secondary N) is 1. The predicted octanol–water partition coefficient (Wildman–Crippen LogP) is 2.86. The van der Waals surface area contributed by atoms with Gasteiger partial charge in [0, 0.05) is 37.8 Å². The number of piperazine rings is 1. The van der Waals surface area contributed by atoms with E-state index in [1.54, 1.807) is 6.07 Å². The number of hydrogen-bond donors (Lipinski definition) is 2. The van der Waals surface area contributed by atoms with E-state index in [-0.39, 0.29) is 12.1 Å². The molecule has 0 radical (unpaired) electrons. The van der Waals surface area contributed by atoms with Crippen LogP contribution in [0.2, 0.25) is 0 Å². The van der Waals surface area contributed by atoms with Gasteiger partial charge in [-0.1, -0.05) is 36.4 Å². The third-order valence-corrected chi connectivity index (χ3v) is 7.46. The third-order valence-electron chi connectivity index (χ3n) is 7.46. The van der Waals surface area contributed by atoms with E-state index in [9.17, 15) is 0 Å². The first-order valence-corrected chi connectivity index (χ1v) is 12.5. The normalized spacial score (nSPS) is 20.5. The molecule has 2 fully saturated rings. The molecule has 188 valence electrons. The Bertz CT molecular complexity index is 1600. The highest BCUT2D eigenvalue weighted by atomic mass is 19.1. The summed E-state index contributed by atoms with van der Waals surface area (Å²) in [4.78, 5) is 6.73. The average Bonchev–Trinajstić information content (AvgIpc) is 3.47. The van der Waals surface area contributed by atoms with E-state index in [1.165, 1.54) is 11.0 Å². The Hall–Kier alpha value is -3.86. The maximum atomic E-state index is 15.2. The Labute approximate surface area is 212 Å². The molecule has 2 atom stereocenters. The molecule has 5 heterocycles. The van der Waals surface area contributed by atoms with Crippen molar-refractivity contribution in [1.82, 2.24) is 34.6 Å². The highest BCUT2D eigenvalue weighted by molar-refractivity contribution is 5.92. The van der Waals surface area contributed by atoms with Crippen molar-refractivity contribution in [1.29, 1.82) is 0 Å². The summed E-state index contributed by atoms with van der Waals surface area (Å²) in [5.41, 5.74) is 11.3. The zero-order valence-electron chi connectivity index (χ0n) is 20.2. The SMILES string of the molecule is Nc1ncnn2c(C3CN4CCNCC4CO3)cc(-c3ccc4c(F)n(Cc5ccccc5)nc4c3)c12. The van der Waals surface area contributed by atoms with Gasteiger partial charge in [-0.3, -0.25) is 4.90 Å². The standard InChI is InChI=1S/C27H27FN8O/c28-26-20-7-6-18(10-22(20)33-35(26)13-17-4-2-1-3-5-17)21-11-23(36-25(21)27(29)31-16-32-36)24-14-34-9-8-30-12-19(34)15-37-24/h1-7,10-11,16,19,24,30H,8-9,12-15H2,(H2,29,31,32). The highest BCUT2D eigenvalue weighted by Gasteiger charge is 2.33. The molecule has 2 saturated heterocycles. The van der Waals surface area contributed by atoms with Crippen molar-refractivity contribution in [2.24, 2.45) is 0 Å². The third kappa shape index (κ3) is 3.85. The van der Waals surface area contributed by atoms with Gasteiger partial charge < -0.3 is 15.8 Å². The molecule has 0 spiro atoms. The first-order chi connectivity index (χ1) is 18.2. The first-order valence-electron chi connectivity index (χ1n) is 12.5. The second-order valence-electron chi connectivity index (χ2n) is 9.73. The summed E-state index contributed by atoms with van der Waals surface area (Å²) in [5, 5.41) is 13.0. The second kappa shape index (κ2) is 8.91. The van der Waals surface area contributed by atoms with Gasteiger partial charge in [-0.05, 0) is 29.3 Å². The van der Waals surface area contributed by atoms with E-state index >= 15 is 4.39 Å². The van der Waals surface area contributed by atoms with Crippen molar-refractivity contribution in [3.63, 3.8) is 0 Å². The number of fused-ring (bicyclic) bond motifs is 3. The highest BCUT2D eigenvalue weighted by Crippen LogP contribution is 2.36. The van der Waals surface area contributed by atoms with Crippen molar-refractivity contribution >= 4 is 22.2 Å². The van der Waals surface area contributed by atoms with Gasteiger partial charge in [0.05, 0.1) is 29.7 Å². The van der Waals surface area contributed by atoms with Gasteiger partial charge in [0.1, 0.15) is 17.9 Å². The van der Waals surface area contributed by atoms with Crippen LogP contribution < -0.4 is 11.1 Å². The fourth-order valence-electron chi connectivity index (χ4n) is 5.55. The molecule has 3 aromatic heterocycles. The number of rotatable bonds is 4. The lowest BCUT2D eigenvalue weighted by molar-refractivity contribution is -0.0739. The Balaban J connectivity index is 1.29. The molecule has 0 aliphatic carbocycles. The molecule has 2 unspecified atom stereocenters. The maximum Gasteiger partial charge on any atom is 0.219 e. The lowest BCUT2D eigenvalue weighted by atomic mass is 10.0. The van der Waals surface area contributed by atoms with Crippen LogP contribution in [-0.2, 0) is 11.3 Å². The summed E-state index contributed by atoms with van der Waals surface area (Å²) in [5.74, 6) is 0.0323. The average molecular weight is 499 g/mol. The fourth-order valence-corrected chi connectivity index (χ4v) is 5.55. The van der Waals surface area contributed by atoms with Gasteiger partial charge in [0.15, 0.2) is 5.82 Å². The van der Waals surface area contributed by atoms with Crippen molar-refractivity contribution in [3.05, 3.63) is 78.1 Å². The number of halogens is 1. The largest absolute Gasteiger partial charge is 0.382 e. The van der Waals surface area contributed by atoms with Gasteiger partial charge in [-0.25, -0.2) is 14.2 Å². The molecule has 37 heavy (non-hydrogen) atoms. The monoisotopic (exact) mass is 498 g/mol. The first kappa shape index (κ1) is 22.3. The molecule has 0 saturated carbocycles. The minimum Gasteiger partial charge on any atom is -0.382 e. The van der Waals surface area contributed by atoms with E-state index in [2.05, 4.69) is 31.5 Å². The van der Waals surface area contributed by atoms with E-state index in [0.29, 0.717) is 41.4 Å². The zero-order valence-corrected chi connectivity index (χ0v) is 20.2. The van der Waals surface area contributed by atoms with Crippen LogP contribution in [0.5, 0.6) is 0 Å². The van der Waals surface area contributed by atoms with Crippen LogP contribution in [0.3, 0.4) is 0 Å². The van der Waals surface area contributed by atoms with Crippen molar-refractivity contribution < 1.29 is 9.13 Å². The minimum absolute atomic E-state index is 0.142. The summed E-state index contributed by atoms with van der Waals surface area (Å²) < 4.78 is 24.7. The van der Waals surface area contributed by atoms with E-state index in [1.807, 2.05) is 47.0 Å². The van der Waals surface area contributed by atoms with Gasteiger partial charge in [-0.2, -0.15) is 14.6 Å². The van der Waals surface area contributed by atoms with Gasteiger partial charge in [0.25, 0.3) is 0 Å². The summed E-state index contributed by atoms with van der Waals surface area (Å²) in [6.45, 7) is 4.72. The van der Waals surface area contributed by atoms with Gasteiger partial charge in [-0.15, -0.1) is 0 Å². The molecule has 3 N–H and O–H groups in total. The molecular weight excluding hydrogens is 471 g/mol. The minimum atomic E-state index is -0.350. The molecule has 2 aromatic carbocycles. The Morgan fingerprint density at radius 1 is 1.14 bits per heavy atom. The van der Waals surface area contributed by atoms with Gasteiger partial charge in [0.2, 0.25) is 5.95 Å². The van der Waals surface area contributed by atoms with Crippen molar-refractivity contribution in [2.75, 3.05) is 38.5 Å². The number of hydrogen-bond acceptors (Lipinski definition) is 7. The van der Waals surface area contributed by atoms with Crippen LogP contribution in [0, 0.1) is 5.95 Å². The Morgan fingerprint density at radius 2 is 2.03 bits per heavy atom. The van der Waals surface area contributed by atoms with Crippen LogP contribution in [0.1, 0.15) is 17.4 Å². The van der Waals surface area contributed by atoms with E-state index < -0.39 is 0 Å². The lowest BCUT2D eigenvalue weighted by Crippen LogP contribution is -2.57. The number of anilines is 1. The molecule has 0 bridgehead atoms. The van der Waals surface area contributed by atoms with E-state index in [0.717, 1.165) is 48.6 Å². The second-order valence-corrected chi connectivity index (χ2v) is 9.73. The molecule has 5 aromatic rings. The number of nitrogen functional groups attached to an aromatic ring is 1. The molecule has 7 rings (SSSR count). The van der Waals surface area contributed by atoms with Crippen molar-refractivity contribution in [2.45, 2.75) is 18.7 Å². The molecule has 10 heteroatoms. The van der Waals surface area contributed by atoms with E-state index in [4.69, 9.17) is 10.5 Å². The number of ether oxygens (including phenoxy) is 1. The predicted molar refractivity (Wildman–Crippen MR) is 139 cm³/mol. The zero-order chi connectivity index (χ0) is 24.9. The Morgan fingerprint density at radius 3 is 2.92 bits per heavy atom.